The van der Waals surface area contributed by atoms with E-state index in [1.54, 1.807) is 9.13 Å². The summed E-state index contributed by atoms with van der Waals surface area (Å²) in [6, 6.07) is 9.17. The number of para-hydroxylation sites is 1. The molecule has 0 saturated carbocycles. The summed E-state index contributed by atoms with van der Waals surface area (Å²) in [7, 11) is 136. The molecule has 0 aliphatic carbocycles. The summed E-state index contributed by atoms with van der Waals surface area (Å²) in [6.07, 6.45) is 0. The molecule has 2 aromatic heterocycles. The molecule has 0 atom stereocenters. The van der Waals surface area contributed by atoms with Gasteiger partial charge in [-0.15, -0.1) is 54.6 Å². The first-order valence-corrected chi connectivity index (χ1v) is 20.2. The molecule has 258 valence electrons. The average molecular weight is 797 g/mol. The summed E-state index contributed by atoms with van der Waals surface area (Å²) in [5.41, 5.74) is 1.79. The van der Waals surface area contributed by atoms with Crippen LogP contribution in [0.3, 0.4) is 0 Å². The molecule has 0 unspecified atom stereocenters. The van der Waals surface area contributed by atoms with Crippen LogP contribution in [0.1, 0.15) is 0 Å². The van der Waals surface area contributed by atoms with E-state index in [0.29, 0.717) is 32.9 Å². The fraction of sp³-hybridized carbons (Fsp3) is 0. The van der Waals surface area contributed by atoms with E-state index < -0.39 is 6.71 Å². The Hall–Kier alpha value is -4.90. The van der Waals surface area contributed by atoms with Crippen LogP contribution in [0.25, 0.3) is 55.0 Å². The fourth-order valence-corrected chi connectivity index (χ4v) is 10.2. The second-order valence-corrected chi connectivity index (χ2v) is 16.7. The van der Waals surface area contributed by atoms with Crippen LogP contribution in [0.5, 0.6) is 23.0 Å². The summed E-state index contributed by atoms with van der Waals surface area (Å²) in [5.74, 6) is -0.0964. The van der Waals surface area contributed by atoms with Crippen LogP contribution in [0, 0.1) is 0 Å². The molecule has 0 bridgehead atoms. The first-order chi connectivity index (χ1) is 31.7. The van der Waals surface area contributed by atoms with Crippen LogP contribution < -0.4 is 135 Å². The van der Waals surface area contributed by atoms with Crippen LogP contribution in [0.2, 0.25) is 0 Å². The predicted molar refractivity (Wildman–Crippen MR) is 301 cm³/mol. The molecule has 67 heavy (non-hydrogen) atoms. The Labute approximate surface area is 413 Å². The Morgan fingerprint density at radius 1 is 0.284 bits per heavy atom. The van der Waals surface area contributed by atoms with Gasteiger partial charge >= 0.3 is 0 Å². The molecule has 4 nitrogen and oxygen atoms in total. The van der Waals surface area contributed by atoms with Gasteiger partial charge in [-0.3, -0.25) is 0 Å². The lowest BCUT2D eigenvalue weighted by molar-refractivity contribution is 0.473. The third-order valence-corrected chi connectivity index (χ3v) is 13.5. The van der Waals surface area contributed by atoms with Gasteiger partial charge in [-0.2, -0.15) is 0 Å². The number of fused-ring (bicyclic) bond motifs is 11. The van der Waals surface area contributed by atoms with Crippen LogP contribution in [0.15, 0.2) is 30.3 Å². The molecule has 4 heterocycles. The lowest BCUT2D eigenvalue weighted by Gasteiger charge is -2.41. The summed E-state index contributed by atoms with van der Waals surface area (Å²) in [6.45, 7) is -1.04. The zero-order valence-electron chi connectivity index (χ0n) is 35.2. The molecule has 7 aromatic carbocycles. The second kappa shape index (κ2) is 14.8. The number of benzene rings is 7. The molecule has 0 saturated heterocycles. The SMILES string of the molecule is [B]c1c([B])c([B])c2c(c1[B])Oc1c([B])c(-n3c4c([B])c([B])c([B])c([B])c4c4c5c6c([B])c([B])c([B])c([B])c6n(-c6ccccc6)c5c([B])c([B])c43)c([B])c3c1B2c1c([B])c([B])c([B])c([B])c1O3. The molecule has 0 fully saturated rings. The van der Waals surface area contributed by atoms with Gasteiger partial charge in [0, 0.05) is 60.4 Å². The van der Waals surface area contributed by atoms with Gasteiger partial charge in [0.05, 0.1) is 0 Å². The third kappa shape index (κ3) is 5.38. The lowest BCUT2D eigenvalue weighted by Crippen LogP contribution is -2.73. The van der Waals surface area contributed by atoms with Gasteiger partial charge in [0.25, 0.3) is 6.71 Å². The predicted octanol–water partition coefficient (Wildman–Crippen LogP) is -15.5. The zero-order chi connectivity index (χ0) is 48.0. The van der Waals surface area contributed by atoms with Gasteiger partial charge in [-0.1, -0.05) is 61.9 Å². The smallest absolute Gasteiger partial charge is 0.258 e. The third-order valence-electron chi connectivity index (χ3n) is 13.5. The first kappa shape index (κ1) is 44.6. The maximum atomic E-state index is 7.37. The monoisotopic (exact) mass is 800 g/mol. The molecule has 2 aliphatic rings. The Morgan fingerprint density at radius 2 is 0.597 bits per heavy atom. The van der Waals surface area contributed by atoms with E-state index in [-0.39, 0.29) is 171 Å². The molecule has 0 spiro atoms. The van der Waals surface area contributed by atoms with Gasteiger partial charge in [0.1, 0.15) is 180 Å². The quantitative estimate of drug-likeness (QED) is 0.163. The van der Waals surface area contributed by atoms with Crippen molar-refractivity contribution in [2.75, 3.05) is 0 Å². The minimum absolute atomic E-state index is 0.00804. The Bertz CT molecular complexity index is 3780. The van der Waals surface area contributed by atoms with Crippen LogP contribution in [-0.2, 0) is 0 Å². The van der Waals surface area contributed by atoms with E-state index >= 15 is 0 Å². The van der Waals surface area contributed by atoms with Crippen molar-refractivity contribution >= 4 is 333 Å². The highest BCUT2D eigenvalue weighted by Gasteiger charge is 2.45. The molecule has 2 aliphatic heterocycles. The van der Waals surface area contributed by atoms with Crippen molar-refractivity contribution in [2.24, 2.45) is 0 Å². The standard InChI is InChI=1S/C42H5B21N2O2/c43-11-9-7-8-10-12(44)14(46)18(50)24(56)37(10)65(35(8)26(58)25(57)34(7)64(6-4-2-1-3-5-6)36(9)23(55)17(49)13(11)45)38-29(61)41-33-42(30(38)62)67-40-28(60)20(52)16(48)22(54)32(40)63(33)31-21(53)15(47)19(51)27(59)39(31)66-41/h1-5H. The molecule has 0 amide bonds. The second-order valence-electron chi connectivity index (χ2n) is 16.7. The van der Waals surface area contributed by atoms with Gasteiger partial charge in [0.2, 0.25) is 0 Å². The number of rotatable bonds is 2. The molecule has 40 radical (unpaired) electrons. The van der Waals surface area contributed by atoms with E-state index in [9.17, 15) is 0 Å². The molecular weight excluding hydrogens is 792 g/mol. The van der Waals surface area contributed by atoms with E-state index in [1.807, 2.05) is 30.3 Å². The highest BCUT2D eigenvalue weighted by atomic mass is 16.5. The Morgan fingerprint density at radius 3 is 1.03 bits per heavy atom. The van der Waals surface area contributed by atoms with Crippen molar-refractivity contribution in [3.63, 3.8) is 0 Å². The number of ether oxygens (including phenoxy) is 2. The van der Waals surface area contributed by atoms with Gasteiger partial charge in [0.15, 0.2) is 0 Å². The molecule has 0 N–H and O–H groups in total. The van der Waals surface area contributed by atoms with Crippen molar-refractivity contribution in [1.29, 1.82) is 0 Å². The number of hydrogen-bond acceptors (Lipinski definition) is 2. The normalized spacial score (nSPS) is 12.7. The van der Waals surface area contributed by atoms with Crippen molar-refractivity contribution in [2.45, 2.75) is 0 Å². The van der Waals surface area contributed by atoms with E-state index in [1.165, 1.54) is 0 Å². The van der Waals surface area contributed by atoms with Crippen molar-refractivity contribution in [1.82, 2.24) is 9.13 Å². The van der Waals surface area contributed by atoms with Crippen molar-refractivity contribution in [3.8, 4) is 34.4 Å². The first-order valence-electron chi connectivity index (χ1n) is 20.2. The number of nitrogens with zero attached hydrogens (tertiary/aromatic N) is 2. The van der Waals surface area contributed by atoms with Gasteiger partial charge in [-0.25, -0.2) is 0 Å². The summed E-state index contributed by atoms with van der Waals surface area (Å²) in [4.78, 5) is 0. The summed E-state index contributed by atoms with van der Waals surface area (Å²) >= 11 is 0. The number of hydrogen-bond donors (Lipinski definition) is 0. The summed E-state index contributed by atoms with van der Waals surface area (Å²) in [5, 5.41) is 1.25. The Kier molecular flexibility index (Phi) is 9.86. The maximum absolute atomic E-state index is 7.37. The topological polar surface area (TPSA) is 28.3 Å². The van der Waals surface area contributed by atoms with Crippen LogP contribution in [-0.4, -0.2) is 173 Å². The zero-order valence-corrected chi connectivity index (χ0v) is 35.2. The minimum atomic E-state index is -1.04. The van der Waals surface area contributed by atoms with Crippen LogP contribution >= 0.6 is 0 Å². The highest BCUT2D eigenvalue weighted by molar-refractivity contribution is 7.03. The largest absolute Gasteiger partial charge is 0.460 e. The fourth-order valence-electron chi connectivity index (χ4n) is 10.2. The molecular formula is C42H5B21N2O2. The van der Waals surface area contributed by atoms with Crippen molar-refractivity contribution < 1.29 is 9.47 Å². The maximum Gasteiger partial charge on any atom is 0.258 e. The Balaban J connectivity index is 1.40. The highest BCUT2D eigenvalue weighted by Crippen LogP contribution is 2.40. The summed E-state index contributed by atoms with van der Waals surface area (Å²) < 4.78 is 16.7. The lowest BCUT2D eigenvalue weighted by atomic mass is 9.30. The van der Waals surface area contributed by atoms with Gasteiger partial charge < -0.3 is 18.6 Å². The van der Waals surface area contributed by atoms with Crippen LogP contribution in [0.4, 0.5) is 0 Å². The van der Waals surface area contributed by atoms with E-state index in [2.05, 4.69) is 0 Å². The molecule has 25 heteroatoms. The van der Waals surface area contributed by atoms with E-state index in [4.69, 9.17) is 166 Å². The average Bonchev–Trinajstić information content (AvgIpc) is 3.86. The van der Waals surface area contributed by atoms with Crippen molar-refractivity contribution in [3.05, 3.63) is 30.3 Å². The van der Waals surface area contributed by atoms with E-state index in [0.717, 1.165) is 0 Å². The molecule has 9 aromatic rings. The molecule has 11 rings (SSSR count). The number of aromatic nitrogens is 2. The van der Waals surface area contributed by atoms with Gasteiger partial charge in [-0.05, 0) is 34.0 Å². The minimum Gasteiger partial charge on any atom is -0.460 e.